The number of halogens is 1. The summed E-state index contributed by atoms with van der Waals surface area (Å²) in [6.45, 7) is 4.89. The standard InChI is InChI=1S/C24H28BrN3O5S/c1-3-32-24(29)13-17-7-5-6-8-23(17)33-16-21-20-14-18(25)9-10-22(20)28(26-21)19-11-12-27(15-19)34(30,31)4-2/h5-10,14,19H,3-4,11-13,15-16H2,1-2H3. The molecule has 0 radical (unpaired) electrons. The largest absolute Gasteiger partial charge is 0.487 e. The topological polar surface area (TPSA) is 90.7 Å². The Bertz CT molecular complexity index is 1290. The van der Waals surface area contributed by atoms with E-state index in [1.165, 1.54) is 0 Å². The molecule has 1 aliphatic rings. The van der Waals surface area contributed by atoms with E-state index in [2.05, 4.69) is 15.9 Å². The minimum atomic E-state index is -3.24. The zero-order valence-electron chi connectivity index (χ0n) is 19.2. The number of para-hydroxylation sites is 1. The van der Waals surface area contributed by atoms with E-state index < -0.39 is 10.0 Å². The molecule has 1 saturated heterocycles. The number of fused-ring (bicyclic) bond motifs is 1. The number of benzene rings is 2. The van der Waals surface area contributed by atoms with Gasteiger partial charge in [0.25, 0.3) is 0 Å². The SMILES string of the molecule is CCOC(=O)Cc1ccccc1OCc1nn(C2CCN(S(=O)(=O)CC)C2)c2ccc(Br)cc12. The molecule has 182 valence electrons. The number of ether oxygens (including phenoxy) is 2. The molecule has 4 rings (SSSR count). The van der Waals surface area contributed by atoms with Gasteiger partial charge in [0.05, 0.1) is 30.3 Å². The fourth-order valence-corrected chi connectivity index (χ4v) is 5.72. The highest BCUT2D eigenvalue weighted by Crippen LogP contribution is 2.31. The number of nitrogens with zero attached hydrogens (tertiary/aromatic N) is 3. The maximum absolute atomic E-state index is 12.3. The highest BCUT2D eigenvalue weighted by Gasteiger charge is 2.32. The van der Waals surface area contributed by atoms with Gasteiger partial charge in [0.15, 0.2) is 0 Å². The lowest BCUT2D eigenvalue weighted by Gasteiger charge is -2.16. The van der Waals surface area contributed by atoms with Crippen LogP contribution in [-0.4, -0.2) is 53.9 Å². The van der Waals surface area contributed by atoms with Crippen LogP contribution in [0.2, 0.25) is 0 Å². The molecule has 1 fully saturated rings. The fraction of sp³-hybridized carbons (Fsp3) is 0.417. The van der Waals surface area contributed by atoms with Crippen LogP contribution in [0.3, 0.4) is 0 Å². The number of sulfonamides is 1. The van der Waals surface area contributed by atoms with E-state index in [0.29, 0.717) is 31.9 Å². The third-order valence-electron chi connectivity index (χ3n) is 5.95. The van der Waals surface area contributed by atoms with Crippen molar-refractivity contribution >= 4 is 42.8 Å². The molecule has 8 nitrogen and oxygen atoms in total. The van der Waals surface area contributed by atoms with Gasteiger partial charge in [-0.1, -0.05) is 34.1 Å². The third kappa shape index (κ3) is 5.29. The van der Waals surface area contributed by atoms with E-state index >= 15 is 0 Å². The Morgan fingerprint density at radius 1 is 1.21 bits per heavy atom. The maximum atomic E-state index is 12.3. The number of carbonyl (C=O) groups excluding carboxylic acids is 1. The zero-order valence-corrected chi connectivity index (χ0v) is 21.6. The van der Waals surface area contributed by atoms with Gasteiger partial charge in [0.2, 0.25) is 10.0 Å². The molecular weight excluding hydrogens is 522 g/mol. The van der Waals surface area contributed by atoms with E-state index in [1.807, 2.05) is 47.1 Å². The van der Waals surface area contributed by atoms with Crippen LogP contribution in [0.5, 0.6) is 5.75 Å². The molecule has 0 saturated carbocycles. The second-order valence-corrected chi connectivity index (χ2v) is 11.3. The van der Waals surface area contributed by atoms with Crippen LogP contribution in [0.25, 0.3) is 10.9 Å². The summed E-state index contributed by atoms with van der Waals surface area (Å²) < 4.78 is 40.3. The summed E-state index contributed by atoms with van der Waals surface area (Å²) in [5.74, 6) is 0.399. The van der Waals surface area contributed by atoms with Gasteiger partial charge in [-0.15, -0.1) is 0 Å². The lowest BCUT2D eigenvalue weighted by Crippen LogP contribution is -2.30. The number of aromatic nitrogens is 2. The van der Waals surface area contributed by atoms with E-state index in [0.717, 1.165) is 26.6 Å². The molecule has 3 aromatic rings. The smallest absolute Gasteiger partial charge is 0.310 e. The molecular formula is C24H28BrN3O5S. The molecule has 0 amide bonds. The summed E-state index contributed by atoms with van der Waals surface area (Å²) in [5.41, 5.74) is 2.43. The number of hydrogen-bond acceptors (Lipinski definition) is 6. The van der Waals surface area contributed by atoms with Crippen molar-refractivity contribution in [2.45, 2.75) is 39.3 Å². The molecule has 2 heterocycles. The van der Waals surface area contributed by atoms with Crippen LogP contribution in [0.4, 0.5) is 0 Å². The Morgan fingerprint density at radius 3 is 2.76 bits per heavy atom. The van der Waals surface area contributed by atoms with Crippen molar-refractivity contribution < 1.29 is 22.7 Å². The molecule has 2 aromatic carbocycles. The average Bonchev–Trinajstić information content (AvgIpc) is 3.44. The minimum Gasteiger partial charge on any atom is -0.487 e. The van der Waals surface area contributed by atoms with Gasteiger partial charge in [0, 0.05) is 28.5 Å². The highest BCUT2D eigenvalue weighted by molar-refractivity contribution is 9.10. The van der Waals surface area contributed by atoms with Gasteiger partial charge < -0.3 is 9.47 Å². The number of hydrogen-bond donors (Lipinski definition) is 0. The van der Waals surface area contributed by atoms with Crippen molar-refractivity contribution in [2.24, 2.45) is 0 Å². The van der Waals surface area contributed by atoms with Crippen LogP contribution in [-0.2, 0) is 32.6 Å². The van der Waals surface area contributed by atoms with Gasteiger partial charge in [-0.3, -0.25) is 9.48 Å². The summed E-state index contributed by atoms with van der Waals surface area (Å²) in [5, 5.41) is 5.79. The molecule has 0 spiro atoms. The number of esters is 1. The summed E-state index contributed by atoms with van der Waals surface area (Å²) >= 11 is 3.54. The molecule has 0 N–H and O–H groups in total. The Labute approximate surface area is 208 Å². The van der Waals surface area contributed by atoms with Crippen LogP contribution in [0.15, 0.2) is 46.9 Å². The van der Waals surface area contributed by atoms with Crippen molar-refractivity contribution in [2.75, 3.05) is 25.4 Å². The lowest BCUT2D eigenvalue weighted by molar-refractivity contribution is -0.142. The summed E-state index contributed by atoms with van der Waals surface area (Å²) in [4.78, 5) is 12.0. The van der Waals surface area contributed by atoms with E-state index in [-0.39, 0.29) is 30.8 Å². The number of carbonyl (C=O) groups is 1. The second-order valence-electron chi connectivity index (χ2n) is 8.13. The molecule has 1 aliphatic heterocycles. The summed E-state index contributed by atoms with van der Waals surface area (Å²) in [6.07, 6.45) is 0.837. The number of rotatable bonds is 9. The van der Waals surface area contributed by atoms with Crippen molar-refractivity contribution in [3.8, 4) is 5.75 Å². The molecule has 0 bridgehead atoms. The second kappa shape index (κ2) is 10.5. The molecule has 1 aromatic heterocycles. The van der Waals surface area contributed by atoms with E-state index in [1.54, 1.807) is 18.2 Å². The van der Waals surface area contributed by atoms with Crippen LogP contribution in [0, 0.1) is 0 Å². The monoisotopic (exact) mass is 549 g/mol. The first-order valence-electron chi connectivity index (χ1n) is 11.3. The summed E-state index contributed by atoms with van der Waals surface area (Å²) in [6, 6.07) is 13.3. The molecule has 0 aliphatic carbocycles. The van der Waals surface area contributed by atoms with Crippen LogP contribution >= 0.6 is 15.9 Å². The van der Waals surface area contributed by atoms with Gasteiger partial charge in [-0.25, -0.2) is 8.42 Å². The lowest BCUT2D eigenvalue weighted by atomic mass is 10.1. The van der Waals surface area contributed by atoms with Gasteiger partial charge in [-0.05, 0) is 44.5 Å². The fourth-order valence-electron chi connectivity index (χ4n) is 4.21. The predicted octanol–water partition coefficient (Wildman–Crippen LogP) is 4.08. The zero-order chi connectivity index (χ0) is 24.3. The quantitative estimate of drug-likeness (QED) is 0.373. The molecule has 10 heteroatoms. The Morgan fingerprint density at radius 2 is 2.00 bits per heavy atom. The Kier molecular flexibility index (Phi) is 7.59. The normalized spacial score (nSPS) is 16.7. The average molecular weight is 550 g/mol. The van der Waals surface area contributed by atoms with Crippen molar-refractivity contribution in [1.29, 1.82) is 0 Å². The van der Waals surface area contributed by atoms with E-state index in [4.69, 9.17) is 14.6 Å². The molecule has 34 heavy (non-hydrogen) atoms. The van der Waals surface area contributed by atoms with Gasteiger partial charge >= 0.3 is 5.97 Å². The molecule has 1 unspecified atom stereocenters. The van der Waals surface area contributed by atoms with Gasteiger partial charge in [-0.2, -0.15) is 9.40 Å². The van der Waals surface area contributed by atoms with Crippen molar-refractivity contribution in [3.63, 3.8) is 0 Å². The highest BCUT2D eigenvalue weighted by atomic mass is 79.9. The molecule has 1 atom stereocenters. The van der Waals surface area contributed by atoms with Crippen molar-refractivity contribution in [3.05, 3.63) is 58.2 Å². The van der Waals surface area contributed by atoms with Crippen molar-refractivity contribution in [1.82, 2.24) is 14.1 Å². The van der Waals surface area contributed by atoms with Crippen LogP contribution < -0.4 is 4.74 Å². The summed E-state index contributed by atoms with van der Waals surface area (Å²) in [7, 11) is -3.24. The first-order chi connectivity index (χ1) is 16.3. The van der Waals surface area contributed by atoms with Crippen LogP contribution in [0.1, 0.15) is 37.6 Å². The first-order valence-corrected chi connectivity index (χ1v) is 13.7. The predicted molar refractivity (Wildman–Crippen MR) is 133 cm³/mol. The third-order valence-corrected chi connectivity index (χ3v) is 8.29. The Hall–Kier alpha value is -2.43. The van der Waals surface area contributed by atoms with E-state index in [9.17, 15) is 13.2 Å². The Balaban J connectivity index is 1.59. The first kappa shape index (κ1) is 24.7. The van der Waals surface area contributed by atoms with Gasteiger partial charge in [0.1, 0.15) is 18.1 Å². The minimum absolute atomic E-state index is 0.0464. The maximum Gasteiger partial charge on any atom is 0.310 e.